The number of urea groups is 1. The number of anilines is 2. The summed E-state index contributed by atoms with van der Waals surface area (Å²) in [7, 11) is 1.61. The van der Waals surface area contributed by atoms with Crippen LogP contribution >= 0.6 is 0 Å². The van der Waals surface area contributed by atoms with Crippen molar-refractivity contribution in [2.24, 2.45) is 5.73 Å². The highest BCUT2D eigenvalue weighted by Gasteiger charge is 2.23. The first-order valence-corrected chi connectivity index (χ1v) is 9.19. The van der Waals surface area contributed by atoms with Gasteiger partial charge in [-0.05, 0) is 18.2 Å². The van der Waals surface area contributed by atoms with E-state index in [1.54, 1.807) is 43.4 Å². The van der Waals surface area contributed by atoms with Crippen molar-refractivity contribution in [2.75, 3.05) is 17.3 Å². The zero-order chi connectivity index (χ0) is 21.9. The molecule has 0 unspecified atom stereocenters. The highest BCUT2D eigenvalue weighted by atomic mass is 16.5. The second-order valence-corrected chi connectivity index (χ2v) is 7.67. The SMILES string of the molecule is CN(C(=O)c1ccnc(Oc2cccc(NC(N)=O)c2)c1)c1cc(C(C)(C)C)no1. The Morgan fingerprint density at radius 2 is 1.93 bits per heavy atom. The molecular weight excluding hydrogens is 386 g/mol. The number of benzene rings is 1. The summed E-state index contributed by atoms with van der Waals surface area (Å²) < 4.78 is 11.0. The predicted octanol–water partition coefficient (Wildman–Crippen LogP) is 3.93. The Hall–Kier alpha value is -3.88. The molecule has 3 N–H and O–H groups in total. The van der Waals surface area contributed by atoms with Crippen molar-refractivity contribution >= 4 is 23.5 Å². The average Bonchev–Trinajstić information content (AvgIpc) is 3.17. The number of ether oxygens (including phenoxy) is 1. The van der Waals surface area contributed by atoms with Crippen LogP contribution in [0.15, 0.2) is 53.2 Å². The van der Waals surface area contributed by atoms with Gasteiger partial charge in [-0.1, -0.05) is 32.0 Å². The van der Waals surface area contributed by atoms with Gasteiger partial charge in [-0.25, -0.2) is 9.78 Å². The fraction of sp³-hybridized carbons (Fsp3) is 0.238. The molecule has 1 aromatic carbocycles. The molecular formula is C21H23N5O4. The first-order valence-electron chi connectivity index (χ1n) is 9.19. The second kappa shape index (κ2) is 8.24. The summed E-state index contributed by atoms with van der Waals surface area (Å²) >= 11 is 0. The van der Waals surface area contributed by atoms with Crippen LogP contribution in [0.5, 0.6) is 11.6 Å². The summed E-state index contributed by atoms with van der Waals surface area (Å²) in [5, 5.41) is 6.51. The lowest BCUT2D eigenvalue weighted by Gasteiger charge is -2.14. The molecule has 30 heavy (non-hydrogen) atoms. The molecule has 2 heterocycles. The van der Waals surface area contributed by atoms with Crippen molar-refractivity contribution in [1.82, 2.24) is 10.1 Å². The smallest absolute Gasteiger partial charge is 0.316 e. The lowest BCUT2D eigenvalue weighted by Crippen LogP contribution is -2.25. The molecule has 0 aliphatic rings. The molecule has 2 aromatic heterocycles. The van der Waals surface area contributed by atoms with E-state index in [0.29, 0.717) is 22.9 Å². The first-order chi connectivity index (χ1) is 14.1. The van der Waals surface area contributed by atoms with E-state index in [9.17, 15) is 9.59 Å². The number of aromatic nitrogens is 2. The van der Waals surface area contributed by atoms with Gasteiger partial charge in [0.2, 0.25) is 11.8 Å². The van der Waals surface area contributed by atoms with E-state index in [2.05, 4.69) is 15.5 Å². The highest BCUT2D eigenvalue weighted by Crippen LogP contribution is 2.27. The number of hydrogen-bond acceptors (Lipinski definition) is 6. The van der Waals surface area contributed by atoms with E-state index >= 15 is 0 Å². The van der Waals surface area contributed by atoms with Gasteiger partial charge in [-0.15, -0.1) is 0 Å². The number of pyridine rings is 1. The van der Waals surface area contributed by atoms with Crippen LogP contribution in [-0.2, 0) is 5.41 Å². The molecule has 3 rings (SSSR count). The maximum Gasteiger partial charge on any atom is 0.316 e. The van der Waals surface area contributed by atoms with Crippen LogP contribution in [0.4, 0.5) is 16.4 Å². The number of nitrogens with zero attached hydrogens (tertiary/aromatic N) is 3. The Morgan fingerprint density at radius 1 is 1.17 bits per heavy atom. The molecule has 0 fully saturated rings. The normalized spacial score (nSPS) is 11.1. The predicted molar refractivity (Wildman–Crippen MR) is 112 cm³/mol. The van der Waals surface area contributed by atoms with Crippen molar-refractivity contribution in [3.63, 3.8) is 0 Å². The van der Waals surface area contributed by atoms with Crippen molar-refractivity contribution in [1.29, 1.82) is 0 Å². The van der Waals surface area contributed by atoms with E-state index in [1.165, 1.54) is 17.2 Å². The third-order valence-electron chi connectivity index (χ3n) is 4.21. The van der Waals surface area contributed by atoms with E-state index in [4.69, 9.17) is 15.0 Å². The maximum atomic E-state index is 12.9. The standard InChI is InChI=1S/C21H23N5O4/c1-21(2,3)16-12-18(30-25-16)26(4)19(27)13-8-9-23-17(10-13)29-15-7-5-6-14(11-15)24-20(22)28/h5-12H,1-4H3,(H3,22,24,28). The molecule has 0 saturated carbocycles. The number of rotatable bonds is 5. The number of hydrogen-bond donors (Lipinski definition) is 2. The summed E-state index contributed by atoms with van der Waals surface area (Å²) in [4.78, 5) is 29.4. The fourth-order valence-electron chi connectivity index (χ4n) is 2.57. The molecule has 156 valence electrons. The summed E-state index contributed by atoms with van der Waals surface area (Å²) in [6.45, 7) is 6.03. The molecule has 0 atom stereocenters. The summed E-state index contributed by atoms with van der Waals surface area (Å²) in [6, 6.07) is 10.8. The lowest BCUT2D eigenvalue weighted by atomic mass is 9.92. The molecule has 0 radical (unpaired) electrons. The van der Waals surface area contributed by atoms with Gasteiger partial charge < -0.3 is 20.3 Å². The van der Waals surface area contributed by atoms with Crippen LogP contribution in [-0.4, -0.2) is 29.1 Å². The third kappa shape index (κ3) is 4.93. The monoisotopic (exact) mass is 409 g/mol. The molecule has 0 aliphatic heterocycles. The maximum absolute atomic E-state index is 12.9. The van der Waals surface area contributed by atoms with Gasteiger partial charge in [-0.2, -0.15) is 0 Å². The van der Waals surface area contributed by atoms with Crippen LogP contribution in [0.3, 0.4) is 0 Å². The zero-order valence-corrected chi connectivity index (χ0v) is 17.2. The van der Waals surface area contributed by atoms with E-state index in [-0.39, 0.29) is 17.2 Å². The average molecular weight is 409 g/mol. The van der Waals surface area contributed by atoms with E-state index in [1.807, 2.05) is 20.8 Å². The van der Waals surface area contributed by atoms with E-state index in [0.717, 1.165) is 5.69 Å². The number of carbonyl (C=O) groups is 2. The Morgan fingerprint density at radius 3 is 2.60 bits per heavy atom. The van der Waals surface area contributed by atoms with Gasteiger partial charge in [0.1, 0.15) is 5.75 Å². The Labute approximate surface area is 173 Å². The summed E-state index contributed by atoms with van der Waals surface area (Å²) in [5.41, 5.74) is 6.52. The minimum atomic E-state index is -0.678. The van der Waals surface area contributed by atoms with Crippen LogP contribution in [0.25, 0.3) is 0 Å². The molecule has 0 aliphatic carbocycles. The van der Waals surface area contributed by atoms with Gasteiger partial charge in [-0.3, -0.25) is 9.69 Å². The third-order valence-corrected chi connectivity index (χ3v) is 4.21. The van der Waals surface area contributed by atoms with E-state index < -0.39 is 6.03 Å². The lowest BCUT2D eigenvalue weighted by molar-refractivity contribution is 0.0987. The first kappa shape index (κ1) is 20.8. The molecule has 9 nitrogen and oxygen atoms in total. The Balaban J connectivity index is 1.77. The second-order valence-electron chi connectivity index (χ2n) is 7.67. The fourth-order valence-corrected chi connectivity index (χ4v) is 2.57. The molecule has 0 saturated heterocycles. The van der Waals surface area contributed by atoms with Crippen LogP contribution in [0, 0.1) is 0 Å². The molecule has 9 heteroatoms. The van der Waals surface area contributed by atoms with Gasteiger partial charge in [0, 0.05) is 48.1 Å². The largest absolute Gasteiger partial charge is 0.439 e. The Bertz CT molecular complexity index is 1070. The zero-order valence-electron chi connectivity index (χ0n) is 17.2. The van der Waals surface area contributed by atoms with Crippen LogP contribution < -0.4 is 20.7 Å². The number of nitrogens with one attached hydrogen (secondary N) is 1. The minimum absolute atomic E-state index is 0.193. The number of primary amides is 1. The summed E-state index contributed by atoms with van der Waals surface area (Å²) in [6.07, 6.45) is 1.48. The number of carbonyl (C=O) groups excluding carboxylic acids is 2. The van der Waals surface area contributed by atoms with Crippen molar-refractivity contribution in [2.45, 2.75) is 26.2 Å². The molecule has 3 amide bonds. The van der Waals surface area contributed by atoms with Crippen molar-refractivity contribution in [3.8, 4) is 11.6 Å². The quantitative estimate of drug-likeness (QED) is 0.658. The number of nitrogens with two attached hydrogens (primary N) is 1. The Kier molecular flexibility index (Phi) is 5.72. The topological polar surface area (TPSA) is 124 Å². The molecule has 0 spiro atoms. The van der Waals surface area contributed by atoms with Crippen molar-refractivity contribution in [3.05, 3.63) is 59.9 Å². The van der Waals surface area contributed by atoms with Gasteiger partial charge in [0.15, 0.2) is 0 Å². The van der Waals surface area contributed by atoms with Crippen LogP contribution in [0.2, 0.25) is 0 Å². The van der Waals surface area contributed by atoms with Crippen molar-refractivity contribution < 1.29 is 18.8 Å². The summed E-state index contributed by atoms with van der Waals surface area (Å²) in [5.74, 6) is 0.688. The number of amides is 3. The molecule has 3 aromatic rings. The van der Waals surface area contributed by atoms with Crippen LogP contribution in [0.1, 0.15) is 36.8 Å². The highest BCUT2D eigenvalue weighted by molar-refractivity contribution is 6.05. The van der Waals surface area contributed by atoms with Gasteiger partial charge in [0.25, 0.3) is 5.91 Å². The molecule has 0 bridgehead atoms. The van der Waals surface area contributed by atoms with Gasteiger partial charge in [0.05, 0.1) is 5.69 Å². The minimum Gasteiger partial charge on any atom is -0.439 e. The van der Waals surface area contributed by atoms with Gasteiger partial charge >= 0.3 is 6.03 Å².